The Balaban J connectivity index is 3.10. The van der Waals surface area contributed by atoms with Gasteiger partial charge in [-0.05, 0) is 20.8 Å². The van der Waals surface area contributed by atoms with Gasteiger partial charge < -0.3 is 9.30 Å². The van der Waals surface area contributed by atoms with E-state index in [1.807, 2.05) is 20.8 Å². The maximum atomic E-state index is 11.3. The first-order chi connectivity index (χ1) is 5.96. The number of aromatic nitrogens is 2. The van der Waals surface area contributed by atoms with Crippen molar-refractivity contribution in [2.24, 2.45) is 0 Å². The molecule has 1 rings (SSSR count). The summed E-state index contributed by atoms with van der Waals surface area (Å²) in [5, 5.41) is 0. The Morgan fingerprint density at radius 1 is 1.54 bits per heavy atom. The van der Waals surface area contributed by atoms with E-state index in [4.69, 9.17) is 0 Å². The van der Waals surface area contributed by atoms with Crippen LogP contribution in [-0.4, -0.2) is 22.6 Å². The van der Waals surface area contributed by atoms with Gasteiger partial charge in [0.1, 0.15) is 5.69 Å². The van der Waals surface area contributed by atoms with Crippen LogP contribution < -0.4 is 0 Å². The van der Waals surface area contributed by atoms with Crippen molar-refractivity contribution >= 4 is 5.97 Å². The van der Waals surface area contributed by atoms with Crippen LogP contribution in [0.3, 0.4) is 0 Å². The van der Waals surface area contributed by atoms with Crippen molar-refractivity contribution in [2.75, 3.05) is 7.11 Å². The number of nitrogens with zero attached hydrogens (tertiary/aromatic N) is 2. The fraction of sp³-hybridized carbons (Fsp3) is 0.556. The van der Waals surface area contributed by atoms with E-state index >= 15 is 0 Å². The highest BCUT2D eigenvalue weighted by atomic mass is 16.5. The molecule has 0 aliphatic carbocycles. The quantitative estimate of drug-likeness (QED) is 0.617. The van der Waals surface area contributed by atoms with E-state index in [0.717, 1.165) is 0 Å². The van der Waals surface area contributed by atoms with Gasteiger partial charge in [-0.1, -0.05) is 0 Å². The van der Waals surface area contributed by atoms with E-state index in [9.17, 15) is 4.79 Å². The molecule has 0 N–H and O–H groups in total. The maximum absolute atomic E-state index is 11.3. The molecular weight excluding hydrogens is 168 g/mol. The van der Waals surface area contributed by atoms with Crippen LogP contribution in [0.15, 0.2) is 12.5 Å². The monoisotopic (exact) mass is 182 g/mol. The van der Waals surface area contributed by atoms with E-state index in [1.54, 1.807) is 10.9 Å². The van der Waals surface area contributed by atoms with Gasteiger partial charge in [0, 0.05) is 5.54 Å². The van der Waals surface area contributed by atoms with Crippen LogP contribution >= 0.6 is 0 Å². The zero-order chi connectivity index (χ0) is 10.1. The molecule has 0 unspecified atom stereocenters. The Labute approximate surface area is 77.5 Å². The van der Waals surface area contributed by atoms with Crippen molar-refractivity contribution < 1.29 is 9.53 Å². The van der Waals surface area contributed by atoms with Crippen LogP contribution in [0.1, 0.15) is 31.3 Å². The molecule has 0 amide bonds. The summed E-state index contributed by atoms with van der Waals surface area (Å²) in [5.74, 6) is -0.354. The highest BCUT2D eigenvalue weighted by molar-refractivity contribution is 5.87. The molecular formula is C9H14N2O2. The predicted molar refractivity (Wildman–Crippen MR) is 48.6 cm³/mol. The Bertz CT molecular complexity index is 310. The SMILES string of the molecule is COC(=O)c1cncn1C(C)(C)C. The van der Waals surface area contributed by atoms with Crippen molar-refractivity contribution in [1.29, 1.82) is 0 Å². The minimum absolute atomic E-state index is 0.153. The van der Waals surface area contributed by atoms with Gasteiger partial charge in [0.15, 0.2) is 0 Å². The topological polar surface area (TPSA) is 44.1 Å². The highest BCUT2D eigenvalue weighted by Gasteiger charge is 2.20. The standard InChI is InChI=1S/C9H14N2O2/c1-9(2,3)11-6-10-5-7(11)8(12)13-4/h5-6H,1-4H3. The lowest BCUT2D eigenvalue weighted by molar-refractivity contribution is 0.0581. The lowest BCUT2D eigenvalue weighted by Gasteiger charge is -2.22. The minimum atomic E-state index is -0.354. The van der Waals surface area contributed by atoms with Crippen LogP contribution in [0.4, 0.5) is 0 Å². The summed E-state index contributed by atoms with van der Waals surface area (Å²) in [5.41, 5.74) is 0.329. The molecule has 1 aromatic rings. The second-order valence-corrected chi connectivity index (χ2v) is 3.81. The van der Waals surface area contributed by atoms with Crippen LogP contribution in [0.25, 0.3) is 0 Å². The number of imidazole rings is 1. The summed E-state index contributed by atoms with van der Waals surface area (Å²) < 4.78 is 6.42. The Morgan fingerprint density at radius 3 is 2.62 bits per heavy atom. The molecule has 13 heavy (non-hydrogen) atoms. The van der Waals surface area contributed by atoms with Gasteiger partial charge in [0.25, 0.3) is 0 Å². The normalized spacial score (nSPS) is 11.4. The summed E-state index contributed by atoms with van der Waals surface area (Å²) in [6, 6.07) is 0. The molecule has 0 saturated heterocycles. The van der Waals surface area contributed by atoms with Gasteiger partial charge in [-0.2, -0.15) is 0 Å². The van der Waals surface area contributed by atoms with Crippen molar-refractivity contribution in [2.45, 2.75) is 26.3 Å². The number of rotatable bonds is 1. The van der Waals surface area contributed by atoms with E-state index in [2.05, 4.69) is 9.72 Å². The molecule has 0 radical (unpaired) electrons. The molecule has 0 aliphatic rings. The average molecular weight is 182 g/mol. The van der Waals surface area contributed by atoms with Gasteiger partial charge >= 0.3 is 5.97 Å². The third-order valence-corrected chi connectivity index (χ3v) is 1.76. The van der Waals surface area contributed by atoms with Gasteiger partial charge in [0.05, 0.1) is 19.6 Å². The van der Waals surface area contributed by atoms with Crippen LogP contribution in [0.5, 0.6) is 0 Å². The van der Waals surface area contributed by atoms with Crippen molar-refractivity contribution in [3.05, 3.63) is 18.2 Å². The van der Waals surface area contributed by atoms with E-state index in [-0.39, 0.29) is 11.5 Å². The smallest absolute Gasteiger partial charge is 0.356 e. The van der Waals surface area contributed by atoms with Gasteiger partial charge in [-0.15, -0.1) is 0 Å². The largest absolute Gasteiger partial charge is 0.464 e. The molecule has 0 fully saturated rings. The average Bonchev–Trinajstić information content (AvgIpc) is 2.49. The molecule has 4 heteroatoms. The summed E-state index contributed by atoms with van der Waals surface area (Å²) in [4.78, 5) is 15.2. The lowest BCUT2D eigenvalue weighted by Crippen LogP contribution is -2.25. The molecule has 0 aliphatic heterocycles. The Morgan fingerprint density at radius 2 is 2.15 bits per heavy atom. The second kappa shape index (κ2) is 3.20. The fourth-order valence-electron chi connectivity index (χ4n) is 1.09. The van der Waals surface area contributed by atoms with Gasteiger partial charge in [-0.25, -0.2) is 9.78 Å². The number of hydrogen-bond acceptors (Lipinski definition) is 3. The third-order valence-electron chi connectivity index (χ3n) is 1.76. The summed E-state index contributed by atoms with van der Waals surface area (Å²) in [6.45, 7) is 6.00. The van der Waals surface area contributed by atoms with Gasteiger partial charge in [0.2, 0.25) is 0 Å². The number of carbonyl (C=O) groups excluding carboxylic acids is 1. The number of methoxy groups -OCH3 is 1. The van der Waals surface area contributed by atoms with E-state index < -0.39 is 0 Å². The lowest BCUT2D eigenvalue weighted by atomic mass is 10.1. The van der Waals surface area contributed by atoms with Crippen LogP contribution in [-0.2, 0) is 10.3 Å². The third kappa shape index (κ3) is 1.88. The summed E-state index contributed by atoms with van der Waals surface area (Å²) >= 11 is 0. The van der Waals surface area contributed by atoms with Crippen molar-refractivity contribution in [3.63, 3.8) is 0 Å². The fourth-order valence-corrected chi connectivity index (χ4v) is 1.09. The molecule has 0 atom stereocenters. The number of esters is 1. The second-order valence-electron chi connectivity index (χ2n) is 3.81. The van der Waals surface area contributed by atoms with E-state index in [1.165, 1.54) is 13.3 Å². The molecule has 4 nitrogen and oxygen atoms in total. The van der Waals surface area contributed by atoms with Crippen molar-refractivity contribution in [3.8, 4) is 0 Å². The predicted octanol–water partition coefficient (Wildman–Crippen LogP) is 1.42. The Kier molecular flexibility index (Phi) is 2.40. The molecule has 1 aromatic heterocycles. The van der Waals surface area contributed by atoms with Gasteiger partial charge in [-0.3, -0.25) is 0 Å². The first kappa shape index (κ1) is 9.77. The van der Waals surface area contributed by atoms with E-state index in [0.29, 0.717) is 5.69 Å². The number of carbonyl (C=O) groups is 1. The molecule has 0 saturated carbocycles. The Hall–Kier alpha value is -1.32. The zero-order valence-electron chi connectivity index (χ0n) is 8.37. The zero-order valence-corrected chi connectivity index (χ0v) is 8.37. The first-order valence-corrected chi connectivity index (χ1v) is 4.08. The number of hydrogen-bond donors (Lipinski definition) is 0. The summed E-state index contributed by atoms with van der Waals surface area (Å²) in [7, 11) is 1.36. The maximum Gasteiger partial charge on any atom is 0.356 e. The molecule has 1 heterocycles. The first-order valence-electron chi connectivity index (χ1n) is 4.08. The molecule has 0 bridgehead atoms. The molecule has 0 aromatic carbocycles. The van der Waals surface area contributed by atoms with Crippen molar-refractivity contribution in [1.82, 2.24) is 9.55 Å². The molecule has 72 valence electrons. The highest BCUT2D eigenvalue weighted by Crippen LogP contribution is 2.16. The minimum Gasteiger partial charge on any atom is -0.464 e. The number of ether oxygens (including phenoxy) is 1. The van der Waals surface area contributed by atoms with Crippen LogP contribution in [0.2, 0.25) is 0 Å². The van der Waals surface area contributed by atoms with Crippen LogP contribution in [0, 0.1) is 0 Å². The summed E-state index contributed by atoms with van der Waals surface area (Å²) in [6.07, 6.45) is 3.14. The molecule has 0 spiro atoms.